The van der Waals surface area contributed by atoms with Gasteiger partial charge in [0.1, 0.15) is 12.3 Å². The fourth-order valence-electron chi connectivity index (χ4n) is 1.34. The highest BCUT2D eigenvalue weighted by Gasteiger charge is 2.06. The molecule has 2 rings (SSSR count). The van der Waals surface area contributed by atoms with Gasteiger partial charge in [-0.1, -0.05) is 12.1 Å². The van der Waals surface area contributed by atoms with E-state index in [9.17, 15) is 9.90 Å². The smallest absolute Gasteiger partial charge is 0.219 e. The van der Waals surface area contributed by atoms with Crippen LogP contribution in [0.25, 0.3) is 0 Å². The van der Waals surface area contributed by atoms with Crippen LogP contribution in [0.4, 0.5) is 0 Å². The first-order chi connectivity index (χ1) is 8.27. The van der Waals surface area contributed by atoms with E-state index in [2.05, 4.69) is 4.99 Å². The summed E-state index contributed by atoms with van der Waals surface area (Å²) in [6.07, 6.45) is 2.91. The average Bonchev–Trinajstić information content (AvgIpc) is 2.85. The molecule has 0 spiro atoms. The molecule has 0 saturated carbocycles. The molecule has 0 aliphatic carbocycles. The minimum Gasteiger partial charge on any atom is -0.507 e. The molecule has 0 aliphatic heterocycles. The number of ketones is 1. The van der Waals surface area contributed by atoms with Crippen LogP contribution in [-0.2, 0) is 0 Å². The van der Waals surface area contributed by atoms with Crippen LogP contribution in [0.3, 0.4) is 0 Å². The van der Waals surface area contributed by atoms with Gasteiger partial charge in [0.25, 0.3) is 0 Å². The lowest BCUT2D eigenvalue weighted by atomic mass is 10.2. The summed E-state index contributed by atoms with van der Waals surface area (Å²) >= 11 is 0. The van der Waals surface area contributed by atoms with E-state index < -0.39 is 0 Å². The largest absolute Gasteiger partial charge is 0.507 e. The first kappa shape index (κ1) is 11.1. The molecule has 1 heterocycles. The molecule has 0 aliphatic rings. The van der Waals surface area contributed by atoms with Gasteiger partial charge in [0.2, 0.25) is 5.78 Å². The van der Waals surface area contributed by atoms with E-state index in [0.29, 0.717) is 11.3 Å². The molecule has 0 fully saturated rings. The number of furan rings is 1. The Labute approximate surface area is 98.2 Å². The van der Waals surface area contributed by atoms with Crippen LogP contribution in [-0.4, -0.2) is 23.6 Å². The van der Waals surface area contributed by atoms with E-state index in [1.165, 1.54) is 12.5 Å². The first-order valence-corrected chi connectivity index (χ1v) is 5.12. The third-order valence-corrected chi connectivity index (χ3v) is 2.20. The van der Waals surface area contributed by atoms with E-state index >= 15 is 0 Å². The zero-order valence-electron chi connectivity index (χ0n) is 9.04. The van der Waals surface area contributed by atoms with E-state index in [4.69, 9.17) is 4.42 Å². The van der Waals surface area contributed by atoms with Crippen molar-refractivity contribution in [3.63, 3.8) is 0 Å². The number of para-hydroxylation sites is 1. The number of carbonyl (C=O) groups excluding carboxylic acids is 1. The maximum absolute atomic E-state index is 11.5. The second-order valence-corrected chi connectivity index (χ2v) is 3.43. The predicted octanol–water partition coefficient (Wildman–Crippen LogP) is 2.29. The molecule has 4 nitrogen and oxygen atoms in total. The average molecular weight is 229 g/mol. The van der Waals surface area contributed by atoms with Crippen LogP contribution in [0, 0.1) is 0 Å². The Morgan fingerprint density at radius 3 is 2.82 bits per heavy atom. The number of aromatic hydroxyl groups is 1. The number of phenols is 1. The van der Waals surface area contributed by atoms with E-state index in [0.717, 1.165) is 0 Å². The summed E-state index contributed by atoms with van der Waals surface area (Å²) in [7, 11) is 0. The van der Waals surface area contributed by atoms with Crippen molar-refractivity contribution in [3.8, 4) is 5.75 Å². The molecule has 2 aromatic rings. The molecule has 0 radical (unpaired) electrons. The number of hydrogen-bond donors (Lipinski definition) is 1. The van der Waals surface area contributed by atoms with Gasteiger partial charge in [0.15, 0.2) is 5.76 Å². The Balaban J connectivity index is 1.99. The van der Waals surface area contributed by atoms with Crippen molar-refractivity contribution < 1.29 is 14.3 Å². The molecule has 0 saturated heterocycles. The highest BCUT2D eigenvalue weighted by molar-refractivity contribution is 5.96. The Morgan fingerprint density at radius 1 is 1.29 bits per heavy atom. The maximum atomic E-state index is 11.5. The lowest BCUT2D eigenvalue weighted by molar-refractivity contribution is 0.0976. The van der Waals surface area contributed by atoms with Gasteiger partial charge in [-0.15, -0.1) is 0 Å². The highest BCUT2D eigenvalue weighted by Crippen LogP contribution is 2.12. The van der Waals surface area contributed by atoms with Gasteiger partial charge in [-0.2, -0.15) is 0 Å². The lowest BCUT2D eigenvalue weighted by Crippen LogP contribution is -2.01. The Hall–Kier alpha value is -2.36. The third kappa shape index (κ3) is 2.81. The minimum atomic E-state index is -0.193. The van der Waals surface area contributed by atoms with E-state index in [1.54, 1.807) is 36.4 Å². The monoisotopic (exact) mass is 229 g/mol. The van der Waals surface area contributed by atoms with Crippen LogP contribution in [0.15, 0.2) is 52.1 Å². The normalized spacial score (nSPS) is 10.8. The second-order valence-electron chi connectivity index (χ2n) is 3.43. The maximum Gasteiger partial charge on any atom is 0.219 e. The van der Waals surface area contributed by atoms with Crippen LogP contribution in [0.2, 0.25) is 0 Å². The number of carbonyl (C=O) groups is 1. The molecule has 1 aromatic heterocycles. The van der Waals surface area contributed by atoms with Gasteiger partial charge in [0, 0.05) is 11.8 Å². The van der Waals surface area contributed by atoms with E-state index in [1.807, 2.05) is 0 Å². The Morgan fingerprint density at radius 2 is 2.12 bits per heavy atom. The molecule has 0 amide bonds. The second kappa shape index (κ2) is 5.12. The number of hydrogen-bond acceptors (Lipinski definition) is 4. The lowest BCUT2D eigenvalue weighted by Gasteiger charge is -1.96. The summed E-state index contributed by atoms with van der Waals surface area (Å²) < 4.78 is 4.95. The standard InChI is InChI=1S/C13H11NO3/c15-11-5-2-1-4-10(11)8-14-9-12(16)13-6-3-7-17-13/h1-8,15H,9H2. The number of rotatable bonds is 4. The van der Waals surface area contributed by atoms with Gasteiger partial charge in [0.05, 0.1) is 6.26 Å². The summed E-state index contributed by atoms with van der Waals surface area (Å²) in [6.45, 7) is 0.00183. The van der Waals surface area contributed by atoms with Crippen LogP contribution in [0.1, 0.15) is 16.1 Å². The molecule has 86 valence electrons. The summed E-state index contributed by atoms with van der Waals surface area (Å²) in [5.41, 5.74) is 0.583. The molecule has 1 N–H and O–H groups in total. The minimum absolute atomic E-state index is 0.00183. The molecular weight excluding hydrogens is 218 g/mol. The topological polar surface area (TPSA) is 62.8 Å². The van der Waals surface area contributed by atoms with Gasteiger partial charge >= 0.3 is 0 Å². The van der Waals surface area contributed by atoms with E-state index in [-0.39, 0.29) is 18.1 Å². The van der Waals surface area contributed by atoms with Crippen LogP contribution in [0.5, 0.6) is 5.75 Å². The molecule has 0 atom stereocenters. The number of aliphatic imine (C=N–C) groups is 1. The Bertz CT molecular complexity index is 529. The van der Waals surface area contributed by atoms with Crippen LogP contribution < -0.4 is 0 Å². The number of Topliss-reactive ketones (excluding diaryl/α,β-unsaturated/α-hetero) is 1. The van der Waals surface area contributed by atoms with Crippen LogP contribution >= 0.6 is 0 Å². The SMILES string of the molecule is O=C(CN=Cc1ccccc1O)c1ccco1. The summed E-state index contributed by atoms with van der Waals surface area (Å²) in [4.78, 5) is 15.5. The van der Waals surface area contributed by atoms with Gasteiger partial charge in [-0.25, -0.2) is 0 Å². The molecule has 17 heavy (non-hydrogen) atoms. The fraction of sp³-hybridized carbons (Fsp3) is 0.0769. The Kier molecular flexibility index (Phi) is 3.35. The van der Waals surface area contributed by atoms with Crippen molar-refractivity contribution in [1.29, 1.82) is 0 Å². The third-order valence-electron chi connectivity index (χ3n) is 2.20. The number of benzene rings is 1. The zero-order chi connectivity index (χ0) is 12.1. The quantitative estimate of drug-likeness (QED) is 0.646. The fourth-order valence-corrected chi connectivity index (χ4v) is 1.34. The molecule has 1 aromatic carbocycles. The van der Waals surface area contributed by atoms with Crippen molar-refractivity contribution in [1.82, 2.24) is 0 Å². The molecular formula is C13H11NO3. The van der Waals surface area contributed by atoms with Crippen molar-refractivity contribution in [2.45, 2.75) is 0 Å². The number of nitrogens with zero attached hydrogens (tertiary/aromatic N) is 1. The van der Waals surface area contributed by atoms with Gasteiger partial charge < -0.3 is 9.52 Å². The summed E-state index contributed by atoms with van der Waals surface area (Å²) in [6, 6.07) is 10.0. The van der Waals surface area contributed by atoms with Crippen molar-refractivity contribution in [3.05, 3.63) is 54.0 Å². The highest BCUT2D eigenvalue weighted by atomic mass is 16.3. The predicted molar refractivity (Wildman–Crippen MR) is 63.6 cm³/mol. The zero-order valence-corrected chi connectivity index (χ0v) is 9.04. The number of phenolic OH excluding ortho intramolecular Hbond substituents is 1. The molecule has 4 heteroatoms. The first-order valence-electron chi connectivity index (χ1n) is 5.12. The van der Waals surface area contributed by atoms with Crippen molar-refractivity contribution >= 4 is 12.0 Å². The van der Waals surface area contributed by atoms with Crippen molar-refractivity contribution in [2.24, 2.45) is 4.99 Å². The van der Waals surface area contributed by atoms with Crippen molar-refractivity contribution in [2.75, 3.05) is 6.54 Å². The van der Waals surface area contributed by atoms with Gasteiger partial charge in [-0.05, 0) is 24.3 Å². The summed E-state index contributed by atoms with van der Waals surface area (Å²) in [5.74, 6) is 0.239. The molecule has 0 bridgehead atoms. The molecule has 0 unspecified atom stereocenters. The summed E-state index contributed by atoms with van der Waals surface area (Å²) in [5, 5.41) is 9.47. The van der Waals surface area contributed by atoms with Gasteiger partial charge in [-0.3, -0.25) is 9.79 Å².